The number of aliphatic carboxylic acids is 1. The van der Waals surface area contributed by atoms with Gasteiger partial charge in [-0.05, 0) is 12.1 Å². The van der Waals surface area contributed by atoms with Crippen molar-refractivity contribution < 1.29 is 54.4 Å². The van der Waals surface area contributed by atoms with Crippen LogP contribution in [-0.4, -0.2) is 110 Å². The van der Waals surface area contributed by atoms with Gasteiger partial charge in [0, 0.05) is 5.56 Å². The van der Waals surface area contributed by atoms with Crippen LogP contribution in [0.1, 0.15) is 5.56 Å². The molecule has 4 rings (SSSR count). The van der Waals surface area contributed by atoms with E-state index < -0.39 is 73.9 Å². The Labute approximate surface area is 175 Å². The third kappa shape index (κ3) is 4.04. The fraction of sp³-hybridized carbons (Fsp3) is 0.579. The molecule has 0 bridgehead atoms. The Morgan fingerprint density at radius 1 is 1.00 bits per heavy atom. The van der Waals surface area contributed by atoms with Gasteiger partial charge in [-0.25, -0.2) is 9.79 Å². The molecule has 3 aliphatic rings. The molecule has 3 heterocycles. The SMILES string of the molecule is O=C(O)[C@H]1O[C@@H](O[C@H]2[C@H](O)[C@@H](CO)O[C@H]3OC(c4ccccc4)=N[C@H]32)[C@H](O)[C@@H](O)[C@@H]1O. The van der Waals surface area contributed by atoms with Gasteiger partial charge in [0.15, 0.2) is 12.4 Å². The smallest absolute Gasteiger partial charge is 0.335 e. The Morgan fingerprint density at radius 2 is 1.71 bits per heavy atom. The Morgan fingerprint density at radius 3 is 2.35 bits per heavy atom. The largest absolute Gasteiger partial charge is 0.479 e. The van der Waals surface area contributed by atoms with Crippen molar-refractivity contribution in [3.05, 3.63) is 35.9 Å². The van der Waals surface area contributed by atoms with Gasteiger partial charge in [-0.1, -0.05) is 18.2 Å². The van der Waals surface area contributed by atoms with E-state index in [1.165, 1.54) is 0 Å². The summed E-state index contributed by atoms with van der Waals surface area (Å²) in [6.45, 7) is -0.582. The molecule has 31 heavy (non-hydrogen) atoms. The maximum absolute atomic E-state index is 11.3. The predicted molar refractivity (Wildman–Crippen MR) is 98.8 cm³/mol. The summed E-state index contributed by atoms with van der Waals surface area (Å²) in [5.74, 6) is -1.36. The number of rotatable bonds is 5. The molecule has 0 spiro atoms. The van der Waals surface area contributed by atoms with Crippen LogP contribution in [0.5, 0.6) is 0 Å². The van der Waals surface area contributed by atoms with E-state index in [4.69, 9.17) is 18.9 Å². The summed E-state index contributed by atoms with van der Waals surface area (Å²) in [6.07, 6.45) is -14.0. The number of ether oxygens (including phenoxy) is 4. The molecule has 0 amide bonds. The van der Waals surface area contributed by atoms with Gasteiger partial charge in [0.2, 0.25) is 12.2 Å². The zero-order chi connectivity index (χ0) is 22.3. The predicted octanol–water partition coefficient (Wildman–Crippen LogP) is -2.81. The lowest BCUT2D eigenvalue weighted by atomic mass is 9.96. The Kier molecular flexibility index (Phi) is 6.23. The van der Waals surface area contributed by atoms with E-state index in [2.05, 4.69) is 4.99 Å². The number of benzene rings is 1. The van der Waals surface area contributed by atoms with Crippen LogP contribution in [0, 0.1) is 0 Å². The van der Waals surface area contributed by atoms with E-state index in [1.807, 2.05) is 0 Å². The Hall–Kier alpha value is -2.16. The first-order valence-corrected chi connectivity index (χ1v) is 9.64. The summed E-state index contributed by atoms with van der Waals surface area (Å²) >= 11 is 0. The van der Waals surface area contributed by atoms with Gasteiger partial charge < -0.3 is 49.6 Å². The molecule has 0 aromatic heterocycles. The van der Waals surface area contributed by atoms with E-state index in [0.29, 0.717) is 5.56 Å². The van der Waals surface area contributed by atoms with E-state index in [-0.39, 0.29) is 5.90 Å². The van der Waals surface area contributed by atoms with Gasteiger partial charge in [0.25, 0.3) is 0 Å². The minimum atomic E-state index is -1.89. The van der Waals surface area contributed by atoms with Crippen LogP contribution in [0.3, 0.4) is 0 Å². The molecule has 0 radical (unpaired) electrons. The summed E-state index contributed by atoms with van der Waals surface area (Å²) in [5, 5.41) is 59.5. The van der Waals surface area contributed by atoms with Gasteiger partial charge in [0.1, 0.15) is 42.7 Å². The molecule has 12 heteroatoms. The maximum Gasteiger partial charge on any atom is 0.335 e. The van der Waals surface area contributed by atoms with Crippen molar-refractivity contribution in [3.63, 3.8) is 0 Å². The fourth-order valence-corrected chi connectivity index (χ4v) is 3.76. The second kappa shape index (κ2) is 8.76. The Balaban J connectivity index is 1.60. The average Bonchev–Trinajstić information content (AvgIpc) is 3.19. The standard InChI is InChI=1S/C19H23NO11/c21-6-8-10(22)14(29-19-13(25)11(23)12(24)15(30-19)17(26)27)9-18(28-8)31-16(20-9)7-4-2-1-3-5-7/h1-5,8-15,18-19,21-25H,6H2,(H,26,27)/t8-,9+,10-,11+,12+,13-,14-,15+,18+,19-/m1/s1. The highest BCUT2D eigenvalue weighted by Gasteiger charge is 2.54. The molecule has 1 aromatic rings. The lowest BCUT2D eigenvalue weighted by Gasteiger charge is -2.44. The quantitative estimate of drug-likeness (QED) is 0.277. The van der Waals surface area contributed by atoms with Crippen molar-refractivity contribution in [1.29, 1.82) is 0 Å². The first-order chi connectivity index (χ1) is 14.8. The minimum Gasteiger partial charge on any atom is -0.479 e. The monoisotopic (exact) mass is 441 g/mol. The molecule has 2 saturated heterocycles. The van der Waals surface area contributed by atoms with Crippen molar-refractivity contribution in [2.45, 2.75) is 61.3 Å². The Bertz CT molecular complexity index is 820. The number of hydrogen-bond donors (Lipinski definition) is 6. The average molecular weight is 441 g/mol. The van der Waals surface area contributed by atoms with Crippen molar-refractivity contribution in [2.24, 2.45) is 4.99 Å². The molecule has 12 nitrogen and oxygen atoms in total. The molecule has 170 valence electrons. The summed E-state index contributed by atoms with van der Waals surface area (Å²) in [4.78, 5) is 15.7. The third-order valence-corrected chi connectivity index (χ3v) is 5.44. The lowest BCUT2D eigenvalue weighted by Crippen LogP contribution is -2.64. The van der Waals surface area contributed by atoms with Gasteiger partial charge in [-0.2, -0.15) is 0 Å². The van der Waals surface area contributed by atoms with Crippen LogP contribution in [-0.2, 0) is 23.7 Å². The van der Waals surface area contributed by atoms with Crippen molar-refractivity contribution >= 4 is 11.9 Å². The van der Waals surface area contributed by atoms with Crippen LogP contribution in [0.2, 0.25) is 0 Å². The van der Waals surface area contributed by atoms with Crippen LogP contribution in [0.15, 0.2) is 35.3 Å². The fourth-order valence-electron chi connectivity index (χ4n) is 3.76. The number of carboxylic acid groups (broad SMARTS) is 1. The molecule has 0 aliphatic carbocycles. The van der Waals surface area contributed by atoms with E-state index >= 15 is 0 Å². The molecule has 3 aliphatic heterocycles. The van der Waals surface area contributed by atoms with Crippen LogP contribution in [0.4, 0.5) is 0 Å². The zero-order valence-corrected chi connectivity index (χ0v) is 16.0. The highest BCUT2D eigenvalue weighted by Crippen LogP contribution is 2.34. The second-order valence-electron chi connectivity index (χ2n) is 7.46. The molecule has 10 atom stereocenters. The number of hydrogen-bond acceptors (Lipinski definition) is 11. The van der Waals surface area contributed by atoms with Crippen molar-refractivity contribution in [3.8, 4) is 0 Å². The summed E-state index contributed by atoms with van der Waals surface area (Å²) in [5.41, 5.74) is 0.632. The van der Waals surface area contributed by atoms with Crippen molar-refractivity contribution in [1.82, 2.24) is 0 Å². The lowest BCUT2D eigenvalue weighted by molar-refractivity contribution is -0.331. The summed E-state index contributed by atoms with van der Waals surface area (Å²) < 4.78 is 22.1. The molecular formula is C19H23NO11. The first-order valence-electron chi connectivity index (χ1n) is 9.64. The van der Waals surface area contributed by atoms with E-state index in [0.717, 1.165) is 0 Å². The molecule has 2 fully saturated rings. The number of aliphatic hydroxyl groups is 5. The number of carboxylic acids is 1. The second-order valence-corrected chi connectivity index (χ2v) is 7.46. The number of fused-ring (bicyclic) bond motifs is 1. The van der Waals surface area contributed by atoms with Crippen molar-refractivity contribution in [2.75, 3.05) is 6.61 Å². The van der Waals surface area contributed by atoms with E-state index in [1.54, 1.807) is 30.3 Å². The van der Waals surface area contributed by atoms with E-state index in [9.17, 15) is 35.4 Å². The zero-order valence-electron chi connectivity index (χ0n) is 16.0. The maximum atomic E-state index is 11.3. The van der Waals surface area contributed by atoms with Crippen LogP contribution < -0.4 is 0 Å². The summed E-state index contributed by atoms with van der Waals surface area (Å²) in [7, 11) is 0. The topological polar surface area (TPSA) is 188 Å². The molecule has 0 unspecified atom stereocenters. The molecular weight excluding hydrogens is 418 g/mol. The van der Waals surface area contributed by atoms with Crippen LogP contribution in [0.25, 0.3) is 0 Å². The first kappa shape index (κ1) is 22.0. The highest BCUT2D eigenvalue weighted by atomic mass is 16.7. The molecule has 1 aromatic carbocycles. The third-order valence-electron chi connectivity index (χ3n) is 5.44. The number of aliphatic imine (C=N–C) groups is 1. The normalized spacial score (nSPS) is 42.4. The number of aliphatic hydroxyl groups excluding tert-OH is 5. The molecule has 0 saturated carbocycles. The number of nitrogens with zero attached hydrogens (tertiary/aromatic N) is 1. The van der Waals surface area contributed by atoms with Gasteiger partial charge in [0.05, 0.1) is 6.61 Å². The summed E-state index contributed by atoms with van der Waals surface area (Å²) in [6, 6.07) is 7.89. The highest BCUT2D eigenvalue weighted by molar-refractivity contribution is 5.95. The van der Waals surface area contributed by atoms with Crippen LogP contribution >= 0.6 is 0 Å². The van der Waals surface area contributed by atoms with Gasteiger partial charge in [-0.15, -0.1) is 0 Å². The van der Waals surface area contributed by atoms with Gasteiger partial charge >= 0.3 is 5.97 Å². The molecule has 6 N–H and O–H groups in total. The van der Waals surface area contributed by atoms with Gasteiger partial charge in [-0.3, -0.25) is 0 Å². The number of carbonyl (C=O) groups is 1. The minimum absolute atomic E-state index is 0.207.